The van der Waals surface area contributed by atoms with Gasteiger partial charge in [0.15, 0.2) is 0 Å². The number of carbonyl (C=O) groups is 1. The number of primary amides is 1. The second-order valence-corrected chi connectivity index (χ2v) is 4.88. The van der Waals surface area contributed by atoms with Gasteiger partial charge in [0, 0.05) is 16.0 Å². The average molecular weight is 283 g/mol. The van der Waals surface area contributed by atoms with E-state index in [0.717, 1.165) is 5.56 Å². The number of amides is 1. The number of nitrogens with zero attached hydrogens (tertiary/aromatic N) is 1. The van der Waals surface area contributed by atoms with E-state index in [1.165, 1.54) is 0 Å². The van der Waals surface area contributed by atoms with Crippen LogP contribution in [0.3, 0.4) is 0 Å². The highest BCUT2D eigenvalue weighted by Crippen LogP contribution is 2.26. The molecule has 4 heteroatoms. The molecule has 98 valence electrons. The monoisotopic (exact) mass is 282 g/mol. The van der Waals surface area contributed by atoms with Gasteiger partial charge in [0.05, 0.1) is 16.8 Å². The smallest absolute Gasteiger partial charge is 0.249 e. The summed E-state index contributed by atoms with van der Waals surface area (Å²) in [6.45, 7) is 0. The molecule has 1 heterocycles. The number of hydrogen-bond donors (Lipinski definition) is 1. The van der Waals surface area contributed by atoms with Crippen LogP contribution in [-0.2, 0) is 0 Å². The number of hydrogen-bond acceptors (Lipinski definition) is 2. The number of rotatable bonds is 2. The summed E-state index contributed by atoms with van der Waals surface area (Å²) in [4.78, 5) is 16.2. The molecule has 0 atom stereocenters. The molecule has 0 radical (unpaired) electrons. The largest absolute Gasteiger partial charge is 0.366 e. The minimum atomic E-state index is -0.475. The minimum Gasteiger partial charge on any atom is -0.366 e. The Morgan fingerprint density at radius 3 is 2.50 bits per heavy atom. The van der Waals surface area contributed by atoms with Crippen molar-refractivity contribution in [3.8, 4) is 11.3 Å². The van der Waals surface area contributed by atoms with Crippen molar-refractivity contribution in [2.75, 3.05) is 0 Å². The molecule has 3 aromatic rings. The first-order chi connectivity index (χ1) is 9.65. The highest BCUT2D eigenvalue weighted by molar-refractivity contribution is 6.31. The summed E-state index contributed by atoms with van der Waals surface area (Å²) in [5.74, 6) is -0.475. The van der Waals surface area contributed by atoms with Crippen molar-refractivity contribution in [2.24, 2.45) is 5.73 Å². The van der Waals surface area contributed by atoms with Crippen molar-refractivity contribution in [1.29, 1.82) is 0 Å². The first-order valence-electron chi connectivity index (χ1n) is 6.11. The van der Waals surface area contributed by atoms with Gasteiger partial charge in [-0.05, 0) is 18.2 Å². The standard InChI is InChI=1S/C16H11ClN2O/c17-11-6-7-12-13(16(18)20)9-14(19-15(12)8-11)10-4-2-1-3-5-10/h1-9H,(H2,18,20). The van der Waals surface area contributed by atoms with E-state index in [1.54, 1.807) is 24.3 Å². The number of aromatic nitrogens is 1. The number of pyridine rings is 1. The topological polar surface area (TPSA) is 56.0 Å². The summed E-state index contributed by atoms with van der Waals surface area (Å²) >= 11 is 5.99. The zero-order valence-electron chi connectivity index (χ0n) is 10.5. The molecule has 0 saturated carbocycles. The van der Waals surface area contributed by atoms with Crippen LogP contribution in [0.4, 0.5) is 0 Å². The predicted octanol–water partition coefficient (Wildman–Crippen LogP) is 3.65. The SMILES string of the molecule is NC(=O)c1cc(-c2ccccc2)nc2cc(Cl)ccc12. The summed E-state index contributed by atoms with van der Waals surface area (Å²) in [7, 11) is 0. The first kappa shape index (κ1) is 12.6. The summed E-state index contributed by atoms with van der Waals surface area (Å²) in [6.07, 6.45) is 0. The van der Waals surface area contributed by atoms with Gasteiger partial charge in [-0.3, -0.25) is 4.79 Å². The van der Waals surface area contributed by atoms with Crippen molar-refractivity contribution >= 4 is 28.4 Å². The molecule has 0 spiro atoms. The molecule has 0 unspecified atom stereocenters. The van der Waals surface area contributed by atoms with E-state index in [9.17, 15) is 4.79 Å². The van der Waals surface area contributed by atoms with Crippen LogP contribution < -0.4 is 5.73 Å². The second kappa shape index (κ2) is 4.94. The van der Waals surface area contributed by atoms with E-state index in [2.05, 4.69) is 4.98 Å². The Hall–Kier alpha value is -2.39. The van der Waals surface area contributed by atoms with Gasteiger partial charge in [0.2, 0.25) is 5.91 Å². The number of nitrogens with two attached hydrogens (primary N) is 1. The number of fused-ring (bicyclic) bond motifs is 1. The lowest BCUT2D eigenvalue weighted by Crippen LogP contribution is -2.12. The Kier molecular flexibility index (Phi) is 3.12. The van der Waals surface area contributed by atoms with Gasteiger partial charge in [-0.2, -0.15) is 0 Å². The zero-order valence-corrected chi connectivity index (χ0v) is 11.3. The molecule has 3 nitrogen and oxygen atoms in total. The number of benzene rings is 2. The lowest BCUT2D eigenvalue weighted by molar-refractivity contribution is 0.100. The summed E-state index contributed by atoms with van der Waals surface area (Å²) in [6, 6.07) is 16.6. The van der Waals surface area contributed by atoms with Gasteiger partial charge in [-0.15, -0.1) is 0 Å². The molecular formula is C16H11ClN2O. The van der Waals surface area contributed by atoms with Gasteiger partial charge in [-0.25, -0.2) is 4.98 Å². The van der Waals surface area contributed by atoms with Crippen molar-refractivity contribution in [2.45, 2.75) is 0 Å². The van der Waals surface area contributed by atoms with Gasteiger partial charge in [-0.1, -0.05) is 48.0 Å². The summed E-state index contributed by atoms with van der Waals surface area (Å²) in [5.41, 5.74) is 8.21. The van der Waals surface area contributed by atoms with E-state index in [1.807, 2.05) is 30.3 Å². The van der Waals surface area contributed by atoms with Gasteiger partial charge >= 0.3 is 0 Å². The molecule has 0 aliphatic heterocycles. The number of halogens is 1. The van der Waals surface area contributed by atoms with Crippen LogP contribution in [0.25, 0.3) is 22.2 Å². The fraction of sp³-hybridized carbons (Fsp3) is 0. The third-order valence-electron chi connectivity index (χ3n) is 3.11. The molecule has 2 N–H and O–H groups in total. The van der Waals surface area contributed by atoms with E-state index < -0.39 is 5.91 Å². The maximum atomic E-state index is 11.6. The van der Waals surface area contributed by atoms with Gasteiger partial charge in [0.25, 0.3) is 0 Å². The van der Waals surface area contributed by atoms with Crippen molar-refractivity contribution in [1.82, 2.24) is 4.98 Å². The fourth-order valence-electron chi connectivity index (χ4n) is 2.16. The van der Waals surface area contributed by atoms with Crippen LogP contribution in [0.15, 0.2) is 54.6 Å². The highest BCUT2D eigenvalue weighted by atomic mass is 35.5. The van der Waals surface area contributed by atoms with Gasteiger partial charge < -0.3 is 5.73 Å². The lowest BCUT2D eigenvalue weighted by Gasteiger charge is -2.08. The van der Waals surface area contributed by atoms with E-state index in [0.29, 0.717) is 27.2 Å². The Labute approximate surface area is 121 Å². The zero-order chi connectivity index (χ0) is 14.1. The Balaban J connectivity index is 2.32. The van der Waals surface area contributed by atoms with Crippen LogP contribution in [0.1, 0.15) is 10.4 Å². The Morgan fingerprint density at radius 1 is 1.05 bits per heavy atom. The molecular weight excluding hydrogens is 272 g/mol. The van der Waals surface area contributed by atoms with Crippen LogP contribution >= 0.6 is 11.6 Å². The predicted molar refractivity (Wildman–Crippen MR) is 80.7 cm³/mol. The fourth-order valence-corrected chi connectivity index (χ4v) is 2.33. The van der Waals surface area contributed by atoms with E-state index in [4.69, 9.17) is 17.3 Å². The minimum absolute atomic E-state index is 0.450. The number of carbonyl (C=O) groups excluding carboxylic acids is 1. The molecule has 0 aliphatic carbocycles. The van der Waals surface area contributed by atoms with Crippen molar-refractivity contribution < 1.29 is 4.79 Å². The maximum absolute atomic E-state index is 11.6. The molecule has 0 saturated heterocycles. The normalized spacial score (nSPS) is 10.7. The molecule has 3 rings (SSSR count). The van der Waals surface area contributed by atoms with Crippen LogP contribution in [0, 0.1) is 0 Å². The Morgan fingerprint density at radius 2 is 1.80 bits per heavy atom. The highest BCUT2D eigenvalue weighted by Gasteiger charge is 2.11. The van der Waals surface area contributed by atoms with Crippen molar-refractivity contribution in [3.63, 3.8) is 0 Å². The maximum Gasteiger partial charge on any atom is 0.249 e. The third-order valence-corrected chi connectivity index (χ3v) is 3.34. The second-order valence-electron chi connectivity index (χ2n) is 4.45. The quantitative estimate of drug-likeness (QED) is 0.780. The molecule has 0 bridgehead atoms. The Bertz CT molecular complexity index is 800. The van der Waals surface area contributed by atoms with Crippen LogP contribution in [-0.4, -0.2) is 10.9 Å². The van der Waals surface area contributed by atoms with E-state index >= 15 is 0 Å². The first-order valence-corrected chi connectivity index (χ1v) is 6.48. The van der Waals surface area contributed by atoms with E-state index in [-0.39, 0.29) is 0 Å². The van der Waals surface area contributed by atoms with Crippen LogP contribution in [0.5, 0.6) is 0 Å². The molecule has 0 fully saturated rings. The molecule has 0 aliphatic rings. The molecule has 1 amide bonds. The van der Waals surface area contributed by atoms with Crippen LogP contribution in [0.2, 0.25) is 5.02 Å². The molecule has 1 aromatic heterocycles. The van der Waals surface area contributed by atoms with Crippen molar-refractivity contribution in [3.05, 3.63) is 65.2 Å². The molecule has 2 aromatic carbocycles. The lowest BCUT2D eigenvalue weighted by atomic mass is 10.0. The molecule has 20 heavy (non-hydrogen) atoms. The average Bonchev–Trinajstić information content (AvgIpc) is 2.46. The summed E-state index contributed by atoms with van der Waals surface area (Å²) in [5, 5.41) is 1.28. The summed E-state index contributed by atoms with van der Waals surface area (Å²) < 4.78 is 0. The van der Waals surface area contributed by atoms with Gasteiger partial charge in [0.1, 0.15) is 0 Å². The third kappa shape index (κ3) is 2.24.